The standard InChI is InChI=1S/C17H20N4O2/c22-17(20-15-5-2-8-19-11-15)21(13-16-6-3-9-23-16)12-14-4-1-7-18-10-14/h1-2,4-5,7-8,10-11,16H,3,6,9,12-13H2,(H,20,22). The zero-order valence-electron chi connectivity index (χ0n) is 12.9. The van der Waals surface area contributed by atoms with E-state index in [1.54, 1.807) is 35.8 Å². The fraction of sp³-hybridized carbons (Fsp3) is 0.353. The van der Waals surface area contributed by atoms with Crippen LogP contribution in [0.4, 0.5) is 10.5 Å². The van der Waals surface area contributed by atoms with Crippen molar-refractivity contribution in [2.45, 2.75) is 25.5 Å². The van der Waals surface area contributed by atoms with Crippen molar-refractivity contribution in [2.24, 2.45) is 0 Å². The number of aromatic nitrogens is 2. The van der Waals surface area contributed by atoms with Crippen LogP contribution < -0.4 is 5.32 Å². The van der Waals surface area contributed by atoms with Gasteiger partial charge in [0.05, 0.1) is 18.0 Å². The van der Waals surface area contributed by atoms with E-state index in [2.05, 4.69) is 15.3 Å². The van der Waals surface area contributed by atoms with Crippen LogP contribution in [-0.2, 0) is 11.3 Å². The Morgan fingerprint density at radius 3 is 2.74 bits per heavy atom. The van der Waals surface area contributed by atoms with E-state index in [0.29, 0.717) is 18.8 Å². The van der Waals surface area contributed by atoms with Gasteiger partial charge in [0.2, 0.25) is 0 Å². The molecule has 0 saturated carbocycles. The van der Waals surface area contributed by atoms with Crippen molar-refractivity contribution in [3.8, 4) is 0 Å². The monoisotopic (exact) mass is 312 g/mol. The summed E-state index contributed by atoms with van der Waals surface area (Å²) in [5.74, 6) is 0. The summed E-state index contributed by atoms with van der Waals surface area (Å²) >= 11 is 0. The van der Waals surface area contributed by atoms with Crippen molar-refractivity contribution in [1.29, 1.82) is 0 Å². The summed E-state index contributed by atoms with van der Waals surface area (Å²) in [6, 6.07) is 7.30. The topological polar surface area (TPSA) is 67.4 Å². The lowest BCUT2D eigenvalue weighted by atomic mass is 10.2. The molecule has 0 radical (unpaired) electrons. The number of rotatable bonds is 5. The van der Waals surface area contributed by atoms with Crippen LogP contribution in [0.15, 0.2) is 49.1 Å². The van der Waals surface area contributed by atoms with Gasteiger partial charge < -0.3 is 15.0 Å². The maximum Gasteiger partial charge on any atom is 0.322 e. The van der Waals surface area contributed by atoms with E-state index in [0.717, 1.165) is 25.0 Å². The van der Waals surface area contributed by atoms with E-state index in [1.165, 1.54) is 0 Å². The van der Waals surface area contributed by atoms with E-state index < -0.39 is 0 Å². The third-order valence-electron chi connectivity index (χ3n) is 3.74. The molecule has 1 aliphatic rings. The van der Waals surface area contributed by atoms with Crippen LogP contribution in [0.2, 0.25) is 0 Å². The van der Waals surface area contributed by atoms with E-state index in [9.17, 15) is 4.79 Å². The van der Waals surface area contributed by atoms with E-state index in [1.807, 2.05) is 18.2 Å². The summed E-state index contributed by atoms with van der Waals surface area (Å²) in [6.07, 6.45) is 8.95. The zero-order chi connectivity index (χ0) is 15.9. The highest BCUT2D eigenvalue weighted by molar-refractivity contribution is 5.89. The molecule has 6 nitrogen and oxygen atoms in total. The first-order valence-corrected chi connectivity index (χ1v) is 7.78. The van der Waals surface area contributed by atoms with Crippen LogP contribution in [0.3, 0.4) is 0 Å². The number of carbonyl (C=O) groups is 1. The molecule has 0 aliphatic carbocycles. The van der Waals surface area contributed by atoms with E-state index >= 15 is 0 Å². The SMILES string of the molecule is O=C(Nc1cccnc1)N(Cc1cccnc1)CC1CCCO1. The summed E-state index contributed by atoms with van der Waals surface area (Å²) in [5, 5.41) is 2.88. The van der Waals surface area contributed by atoms with E-state index in [4.69, 9.17) is 4.74 Å². The molecule has 3 rings (SSSR count). The second-order valence-electron chi connectivity index (χ2n) is 5.55. The van der Waals surface area contributed by atoms with Gasteiger partial charge in [-0.2, -0.15) is 0 Å². The first-order chi connectivity index (χ1) is 11.3. The van der Waals surface area contributed by atoms with Gasteiger partial charge in [-0.25, -0.2) is 4.79 Å². The third kappa shape index (κ3) is 4.50. The Balaban J connectivity index is 1.69. The highest BCUT2D eigenvalue weighted by Crippen LogP contribution is 2.16. The molecule has 1 aliphatic heterocycles. The first kappa shape index (κ1) is 15.4. The fourth-order valence-corrected chi connectivity index (χ4v) is 2.60. The van der Waals surface area contributed by atoms with Crippen molar-refractivity contribution >= 4 is 11.7 Å². The van der Waals surface area contributed by atoms with Crippen molar-refractivity contribution in [3.63, 3.8) is 0 Å². The summed E-state index contributed by atoms with van der Waals surface area (Å²) in [7, 11) is 0. The minimum absolute atomic E-state index is 0.103. The smallest absolute Gasteiger partial charge is 0.322 e. The largest absolute Gasteiger partial charge is 0.376 e. The minimum Gasteiger partial charge on any atom is -0.376 e. The molecule has 1 atom stereocenters. The van der Waals surface area contributed by atoms with Gasteiger partial charge in [-0.3, -0.25) is 9.97 Å². The molecule has 0 bridgehead atoms. The second-order valence-corrected chi connectivity index (χ2v) is 5.55. The van der Waals surface area contributed by atoms with Crippen LogP contribution in [0.25, 0.3) is 0 Å². The quantitative estimate of drug-likeness (QED) is 0.921. The van der Waals surface area contributed by atoms with Crippen molar-refractivity contribution in [3.05, 3.63) is 54.6 Å². The molecule has 2 amide bonds. The highest BCUT2D eigenvalue weighted by atomic mass is 16.5. The fourth-order valence-electron chi connectivity index (χ4n) is 2.60. The lowest BCUT2D eigenvalue weighted by Gasteiger charge is -2.25. The van der Waals surface area contributed by atoms with Gasteiger partial charge in [0.15, 0.2) is 0 Å². The third-order valence-corrected chi connectivity index (χ3v) is 3.74. The van der Waals surface area contributed by atoms with Crippen LogP contribution in [0.1, 0.15) is 18.4 Å². The molecular formula is C17H20N4O2. The van der Waals surface area contributed by atoms with Gasteiger partial charge in [0.25, 0.3) is 0 Å². The average molecular weight is 312 g/mol. The molecule has 1 N–H and O–H groups in total. The first-order valence-electron chi connectivity index (χ1n) is 7.78. The number of hydrogen-bond donors (Lipinski definition) is 1. The molecule has 6 heteroatoms. The van der Waals surface area contributed by atoms with Crippen LogP contribution >= 0.6 is 0 Å². The molecule has 0 spiro atoms. The summed E-state index contributed by atoms with van der Waals surface area (Å²) in [5.41, 5.74) is 1.67. The van der Waals surface area contributed by atoms with Crippen LogP contribution in [0, 0.1) is 0 Å². The van der Waals surface area contributed by atoms with Crippen molar-refractivity contribution in [2.75, 3.05) is 18.5 Å². The van der Waals surface area contributed by atoms with Crippen LogP contribution in [-0.4, -0.2) is 40.2 Å². The Morgan fingerprint density at radius 1 is 1.26 bits per heavy atom. The van der Waals surface area contributed by atoms with Gasteiger partial charge in [-0.05, 0) is 36.6 Å². The Labute approximate surface area is 135 Å². The van der Waals surface area contributed by atoms with Crippen molar-refractivity contribution < 1.29 is 9.53 Å². The molecule has 0 aromatic carbocycles. The Morgan fingerprint density at radius 2 is 2.09 bits per heavy atom. The number of amides is 2. The van der Waals surface area contributed by atoms with E-state index in [-0.39, 0.29) is 12.1 Å². The molecule has 1 saturated heterocycles. The molecule has 2 aromatic heterocycles. The average Bonchev–Trinajstić information content (AvgIpc) is 3.09. The summed E-state index contributed by atoms with van der Waals surface area (Å²) in [6.45, 7) is 1.84. The van der Waals surface area contributed by atoms with Gasteiger partial charge in [0.1, 0.15) is 0 Å². The van der Waals surface area contributed by atoms with Gasteiger partial charge in [-0.15, -0.1) is 0 Å². The number of pyridine rings is 2. The number of nitrogens with one attached hydrogen (secondary N) is 1. The molecule has 3 heterocycles. The second kappa shape index (κ2) is 7.69. The van der Waals surface area contributed by atoms with Gasteiger partial charge in [0, 0.05) is 38.3 Å². The number of carbonyl (C=O) groups excluding carboxylic acids is 1. The lowest BCUT2D eigenvalue weighted by molar-refractivity contribution is 0.0819. The maximum absolute atomic E-state index is 12.6. The van der Waals surface area contributed by atoms with Crippen molar-refractivity contribution in [1.82, 2.24) is 14.9 Å². The predicted molar refractivity (Wildman–Crippen MR) is 86.9 cm³/mol. The zero-order valence-corrected chi connectivity index (χ0v) is 12.9. The molecular weight excluding hydrogens is 292 g/mol. The van der Waals surface area contributed by atoms with Gasteiger partial charge in [-0.1, -0.05) is 6.07 Å². The summed E-state index contributed by atoms with van der Waals surface area (Å²) < 4.78 is 5.67. The molecule has 23 heavy (non-hydrogen) atoms. The Kier molecular flexibility index (Phi) is 5.16. The minimum atomic E-state index is -0.155. The number of hydrogen-bond acceptors (Lipinski definition) is 4. The molecule has 1 fully saturated rings. The number of ether oxygens (including phenoxy) is 1. The number of urea groups is 1. The molecule has 120 valence electrons. The summed E-state index contributed by atoms with van der Waals surface area (Å²) in [4.78, 5) is 22.5. The van der Waals surface area contributed by atoms with Crippen LogP contribution in [0.5, 0.6) is 0 Å². The highest BCUT2D eigenvalue weighted by Gasteiger charge is 2.23. The Bertz CT molecular complexity index is 615. The normalized spacial score (nSPS) is 17.0. The molecule has 1 unspecified atom stereocenters. The number of anilines is 1. The Hall–Kier alpha value is -2.47. The predicted octanol–water partition coefficient (Wildman–Crippen LogP) is 2.69. The molecule has 2 aromatic rings. The van der Waals surface area contributed by atoms with Gasteiger partial charge >= 0.3 is 6.03 Å². The number of nitrogens with zero attached hydrogens (tertiary/aromatic N) is 3. The maximum atomic E-state index is 12.6. The lowest BCUT2D eigenvalue weighted by Crippen LogP contribution is -2.39.